The molecule has 3 nitrogen and oxygen atoms in total. The van der Waals surface area contributed by atoms with Crippen molar-refractivity contribution in [2.75, 3.05) is 5.32 Å². The van der Waals surface area contributed by atoms with Crippen molar-refractivity contribution in [2.45, 2.75) is 26.3 Å². The Hall–Kier alpha value is -2.55. The third-order valence-electron chi connectivity index (χ3n) is 3.17. The van der Waals surface area contributed by atoms with Crippen LogP contribution in [0.5, 0.6) is 11.6 Å². The topological polar surface area (TPSA) is 34.1 Å². The molecule has 0 fully saturated rings. The smallest absolute Gasteiger partial charge is 0.219 e. The Morgan fingerprint density at radius 1 is 0.864 bits per heavy atom. The van der Waals surface area contributed by atoms with Gasteiger partial charge in [-0.3, -0.25) is 0 Å². The molecule has 1 aromatic heterocycles. The van der Waals surface area contributed by atoms with E-state index in [1.807, 2.05) is 60.7 Å². The maximum Gasteiger partial charge on any atom is 0.219 e. The van der Waals surface area contributed by atoms with E-state index in [-0.39, 0.29) is 5.54 Å². The average molecular weight is 292 g/mol. The van der Waals surface area contributed by atoms with Crippen LogP contribution >= 0.6 is 0 Å². The van der Waals surface area contributed by atoms with Crippen molar-refractivity contribution in [3.8, 4) is 11.6 Å². The molecule has 0 saturated heterocycles. The molecule has 2 aromatic carbocycles. The molecule has 0 spiro atoms. The monoisotopic (exact) mass is 292 g/mol. The van der Waals surface area contributed by atoms with Crippen molar-refractivity contribution in [3.05, 3.63) is 60.7 Å². The summed E-state index contributed by atoms with van der Waals surface area (Å²) >= 11 is 0. The lowest BCUT2D eigenvalue weighted by Gasteiger charge is -2.22. The molecule has 0 aliphatic carbocycles. The second-order valence-electron chi connectivity index (χ2n) is 6.34. The van der Waals surface area contributed by atoms with E-state index in [0.29, 0.717) is 5.88 Å². The molecular weight excluding hydrogens is 272 g/mol. The fourth-order valence-electron chi connectivity index (χ4n) is 2.26. The molecule has 0 radical (unpaired) electrons. The summed E-state index contributed by atoms with van der Waals surface area (Å²) in [6.45, 7) is 6.41. The van der Waals surface area contributed by atoms with Crippen molar-refractivity contribution in [3.63, 3.8) is 0 Å². The maximum absolute atomic E-state index is 5.83. The normalized spacial score (nSPS) is 11.4. The largest absolute Gasteiger partial charge is 0.439 e. The minimum absolute atomic E-state index is 0.0439. The number of pyridine rings is 1. The highest BCUT2D eigenvalue weighted by Crippen LogP contribution is 2.24. The van der Waals surface area contributed by atoms with Crippen LogP contribution in [0, 0.1) is 0 Å². The molecule has 1 N–H and O–H groups in total. The van der Waals surface area contributed by atoms with Crippen LogP contribution in [0.15, 0.2) is 60.7 Å². The zero-order valence-electron chi connectivity index (χ0n) is 13.1. The summed E-state index contributed by atoms with van der Waals surface area (Å²) in [5.74, 6) is 1.39. The zero-order valence-corrected chi connectivity index (χ0v) is 13.1. The Kier molecular flexibility index (Phi) is 3.72. The van der Waals surface area contributed by atoms with Crippen LogP contribution in [0.3, 0.4) is 0 Å². The summed E-state index contributed by atoms with van der Waals surface area (Å²) in [4.78, 5) is 4.51. The van der Waals surface area contributed by atoms with Crippen LogP contribution in [0.25, 0.3) is 10.9 Å². The Bertz CT molecular complexity index is 773. The molecule has 22 heavy (non-hydrogen) atoms. The number of fused-ring (bicyclic) bond motifs is 1. The van der Waals surface area contributed by atoms with Gasteiger partial charge in [-0.15, -0.1) is 0 Å². The van der Waals surface area contributed by atoms with Crippen molar-refractivity contribution in [1.82, 2.24) is 4.98 Å². The van der Waals surface area contributed by atoms with E-state index in [0.717, 1.165) is 22.3 Å². The predicted molar refractivity (Wildman–Crippen MR) is 91.6 cm³/mol. The zero-order chi connectivity index (χ0) is 15.6. The molecule has 1 heterocycles. The number of aromatic nitrogens is 1. The molecule has 3 aromatic rings. The fraction of sp³-hybridized carbons (Fsp3) is 0.211. The molecule has 0 atom stereocenters. The Morgan fingerprint density at radius 2 is 1.59 bits per heavy atom. The number of ether oxygens (including phenoxy) is 1. The number of hydrogen-bond donors (Lipinski definition) is 1. The molecular formula is C19H20N2O. The molecule has 3 heteroatoms. The highest BCUT2D eigenvalue weighted by Gasteiger charge is 2.09. The molecule has 0 aliphatic heterocycles. The van der Waals surface area contributed by atoms with E-state index < -0.39 is 0 Å². The number of benzene rings is 2. The summed E-state index contributed by atoms with van der Waals surface area (Å²) in [6, 6.07) is 19.9. The minimum Gasteiger partial charge on any atom is -0.439 e. The highest BCUT2D eigenvalue weighted by atomic mass is 16.5. The highest BCUT2D eigenvalue weighted by molar-refractivity contribution is 5.78. The van der Waals surface area contributed by atoms with Gasteiger partial charge in [-0.25, -0.2) is 4.98 Å². The first-order valence-corrected chi connectivity index (χ1v) is 7.41. The van der Waals surface area contributed by atoms with E-state index in [2.05, 4.69) is 31.1 Å². The van der Waals surface area contributed by atoms with Crippen LogP contribution in [0.4, 0.5) is 5.69 Å². The number of hydrogen-bond acceptors (Lipinski definition) is 3. The first kappa shape index (κ1) is 14.4. The lowest BCUT2D eigenvalue weighted by Crippen LogP contribution is -2.25. The lowest BCUT2D eigenvalue weighted by atomic mass is 10.1. The van der Waals surface area contributed by atoms with Gasteiger partial charge in [-0.2, -0.15) is 0 Å². The predicted octanol–water partition coefficient (Wildman–Crippen LogP) is 5.24. The van der Waals surface area contributed by atoms with Crippen molar-refractivity contribution < 1.29 is 4.74 Å². The van der Waals surface area contributed by atoms with Crippen LogP contribution in [0.2, 0.25) is 0 Å². The van der Waals surface area contributed by atoms with Crippen molar-refractivity contribution >= 4 is 16.6 Å². The molecule has 112 valence electrons. The number of para-hydroxylation sites is 1. The van der Waals surface area contributed by atoms with Crippen LogP contribution in [-0.2, 0) is 0 Å². The van der Waals surface area contributed by atoms with Gasteiger partial charge in [0.05, 0.1) is 5.52 Å². The SMILES string of the molecule is CC(C)(C)Nc1ccc(Oc2ccc3ccccc3n2)cc1. The number of nitrogens with zero attached hydrogens (tertiary/aromatic N) is 1. The van der Waals surface area contributed by atoms with E-state index in [1.54, 1.807) is 0 Å². The van der Waals surface area contributed by atoms with Crippen LogP contribution < -0.4 is 10.1 Å². The van der Waals surface area contributed by atoms with Gasteiger partial charge in [0.1, 0.15) is 5.75 Å². The van der Waals surface area contributed by atoms with E-state index in [4.69, 9.17) is 4.74 Å². The summed E-state index contributed by atoms with van der Waals surface area (Å²) in [5, 5.41) is 4.54. The van der Waals surface area contributed by atoms with Gasteiger partial charge in [0.15, 0.2) is 0 Å². The summed E-state index contributed by atoms with van der Waals surface area (Å²) < 4.78 is 5.83. The third kappa shape index (κ3) is 3.55. The van der Waals surface area contributed by atoms with Gasteiger partial charge in [-0.1, -0.05) is 18.2 Å². The second kappa shape index (κ2) is 5.68. The quantitative estimate of drug-likeness (QED) is 0.717. The van der Waals surface area contributed by atoms with Gasteiger partial charge >= 0.3 is 0 Å². The van der Waals surface area contributed by atoms with Gasteiger partial charge in [-0.05, 0) is 57.2 Å². The molecule has 0 bridgehead atoms. The standard InChI is InChI=1S/C19H20N2O/c1-19(2,3)21-15-9-11-16(12-10-15)22-18-13-8-14-6-4-5-7-17(14)20-18/h4-13,21H,1-3H3. The van der Waals surface area contributed by atoms with E-state index in [1.165, 1.54) is 0 Å². The fourth-order valence-corrected chi connectivity index (χ4v) is 2.26. The van der Waals surface area contributed by atoms with Gasteiger partial charge in [0.2, 0.25) is 5.88 Å². The van der Waals surface area contributed by atoms with E-state index >= 15 is 0 Å². The average Bonchev–Trinajstić information content (AvgIpc) is 2.48. The van der Waals surface area contributed by atoms with Gasteiger partial charge < -0.3 is 10.1 Å². The summed E-state index contributed by atoms with van der Waals surface area (Å²) in [6.07, 6.45) is 0. The van der Waals surface area contributed by atoms with Gasteiger partial charge in [0.25, 0.3) is 0 Å². The number of rotatable bonds is 3. The number of anilines is 1. The maximum atomic E-state index is 5.83. The molecule has 3 rings (SSSR count). The Balaban J connectivity index is 1.77. The molecule has 0 unspecified atom stereocenters. The Morgan fingerprint density at radius 3 is 2.32 bits per heavy atom. The Labute approximate surface area is 131 Å². The summed E-state index contributed by atoms with van der Waals surface area (Å²) in [7, 11) is 0. The first-order chi connectivity index (χ1) is 10.5. The lowest BCUT2D eigenvalue weighted by molar-refractivity contribution is 0.465. The number of nitrogens with one attached hydrogen (secondary N) is 1. The second-order valence-corrected chi connectivity index (χ2v) is 6.34. The van der Waals surface area contributed by atoms with Gasteiger partial charge in [0, 0.05) is 22.7 Å². The van der Waals surface area contributed by atoms with Crippen molar-refractivity contribution in [1.29, 1.82) is 0 Å². The molecule has 0 saturated carbocycles. The van der Waals surface area contributed by atoms with E-state index in [9.17, 15) is 0 Å². The molecule has 0 amide bonds. The first-order valence-electron chi connectivity index (χ1n) is 7.41. The summed E-state index contributed by atoms with van der Waals surface area (Å²) in [5.41, 5.74) is 2.06. The third-order valence-corrected chi connectivity index (χ3v) is 3.17. The molecule has 0 aliphatic rings. The van der Waals surface area contributed by atoms with Crippen LogP contribution in [-0.4, -0.2) is 10.5 Å². The van der Waals surface area contributed by atoms with Crippen molar-refractivity contribution in [2.24, 2.45) is 0 Å². The van der Waals surface area contributed by atoms with Crippen LogP contribution in [0.1, 0.15) is 20.8 Å². The minimum atomic E-state index is 0.0439.